The normalized spacial score (nSPS) is 15.2. The molecule has 0 aromatic heterocycles. The lowest BCUT2D eigenvalue weighted by molar-refractivity contribution is 0.123. The predicted octanol–water partition coefficient (Wildman–Crippen LogP) is 3.26. The summed E-state index contributed by atoms with van der Waals surface area (Å²) in [6.07, 6.45) is 0. The highest BCUT2D eigenvalue weighted by Gasteiger charge is 2.26. The average molecular weight is 389 g/mol. The van der Waals surface area contributed by atoms with Gasteiger partial charge in [0.1, 0.15) is 11.6 Å². The number of rotatable bonds is 4. The molecule has 0 spiro atoms. The fourth-order valence-electron chi connectivity index (χ4n) is 2.61. The van der Waals surface area contributed by atoms with Crippen LogP contribution < -0.4 is 9.62 Å². The molecule has 0 atom stereocenters. The maximum absolute atomic E-state index is 13.9. The lowest BCUT2D eigenvalue weighted by Gasteiger charge is -2.30. The first-order chi connectivity index (χ1) is 11.9. The molecule has 0 bridgehead atoms. The highest BCUT2D eigenvalue weighted by Crippen LogP contribution is 2.32. The molecule has 2 aromatic carbocycles. The van der Waals surface area contributed by atoms with Crippen LogP contribution >= 0.6 is 11.6 Å². The number of hydrogen-bond acceptors (Lipinski definition) is 4. The third-order valence-corrected chi connectivity index (χ3v) is 5.39. The number of sulfonamides is 1. The quantitative estimate of drug-likeness (QED) is 0.873. The van der Waals surface area contributed by atoms with Gasteiger partial charge in [0.05, 0.1) is 24.6 Å². The number of anilines is 2. The number of nitrogens with zero attached hydrogens (tertiary/aromatic N) is 1. The monoisotopic (exact) mass is 388 g/mol. The molecule has 3 rings (SSSR count). The minimum absolute atomic E-state index is 0.150. The molecule has 9 heteroatoms. The van der Waals surface area contributed by atoms with Gasteiger partial charge in [0, 0.05) is 18.1 Å². The molecule has 1 fully saturated rings. The second-order valence-electron chi connectivity index (χ2n) is 5.42. The van der Waals surface area contributed by atoms with Gasteiger partial charge >= 0.3 is 0 Å². The van der Waals surface area contributed by atoms with Crippen LogP contribution in [0, 0.1) is 11.6 Å². The predicted molar refractivity (Wildman–Crippen MR) is 91.7 cm³/mol. The van der Waals surface area contributed by atoms with Gasteiger partial charge in [0.25, 0.3) is 10.0 Å². The van der Waals surface area contributed by atoms with Crippen molar-refractivity contribution < 1.29 is 21.9 Å². The van der Waals surface area contributed by atoms with Crippen molar-refractivity contribution in [1.82, 2.24) is 0 Å². The molecule has 134 valence electrons. The number of hydrogen-bond donors (Lipinski definition) is 1. The summed E-state index contributed by atoms with van der Waals surface area (Å²) in [5.41, 5.74) is 0.713. The molecule has 0 aliphatic carbocycles. The first kappa shape index (κ1) is 17.9. The molecular weight excluding hydrogens is 374 g/mol. The lowest BCUT2D eigenvalue weighted by Crippen LogP contribution is -2.36. The summed E-state index contributed by atoms with van der Waals surface area (Å²) in [7, 11) is -4.47. The van der Waals surface area contributed by atoms with E-state index >= 15 is 0 Å². The Balaban J connectivity index is 2.00. The van der Waals surface area contributed by atoms with E-state index in [1.807, 2.05) is 4.90 Å². The van der Waals surface area contributed by atoms with Crippen LogP contribution in [0.15, 0.2) is 41.3 Å². The van der Waals surface area contributed by atoms with Crippen molar-refractivity contribution in [2.75, 3.05) is 35.9 Å². The summed E-state index contributed by atoms with van der Waals surface area (Å²) in [6, 6.07) is 7.55. The number of nitrogens with one attached hydrogen (secondary N) is 1. The summed E-state index contributed by atoms with van der Waals surface area (Å²) in [5.74, 6) is -2.33. The summed E-state index contributed by atoms with van der Waals surface area (Å²) in [5, 5.41) is 0.295. The van der Waals surface area contributed by atoms with Gasteiger partial charge in [-0.1, -0.05) is 17.7 Å². The number of halogens is 3. The summed E-state index contributed by atoms with van der Waals surface area (Å²) < 4.78 is 60.3. The van der Waals surface area contributed by atoms with Crippen molar-refractivity contribution in [3.05, 3.63) is 53.1 Å². The molecule has 0 unspecified atom stereocenters. The van der Waals surface area contributed by atoms with Crippen LogP contribution in [0.2, 0.25) is 5.02 Å². The van der Waals surface area contributed by atoms with Gasteiger partial charge < -0.3 is 9.64 Å². The van der Waals surface area contributed by atoms with E-state index in [0.717, 1.165) is 18.2 Å². The van der Waals surface area contributed by atoms with Crippen LogP contribution in [0.25, 0.3) is 0 Å². The zero-order valence-electron chi connectivity index (χ0n) is 13.0. The Hall–Kier alpha value is -1.90. The van der Waals surface area contributed by atoms with Crippen molar-refractivity contribution in [3.63, 3.8) is 0 Å². The highest BCUT2D eigenvalue weighted by atomic mass is 35.5. The smallest absolute Gasteiger partial charge is 0.267 e. The van der Waals surface area contributed by atoms with Gasteiger partial charge in [0.15, 0.2) is 4.90 Å². The van der Waals surface area contributed by atoms with E-state index in [2.05, 4.69) is 4.72 Å². The molecule has 0 amide bonds. The Bertz CT molecular complexity index is 867. The van der Waals surface area contributed by atoms with Crippen molar-refractivity contribution in [2.45, 2.75) is 4.90 Å². The van der Waals surface area contributed by atoms with E-state index in [0.29, 0.717) is 37.0 Å². The Kier molecular flexibility index (Phi) is 5.12. The van der Waals surface area contributed by atoms with Crippen LogP contribution in [0.1, 0.15) is 0 Å². The van der Waals surface area contributed by atoms with Crippen molar-refractivity contribution in [3.8, 4) is 0 Å². The zero-order chi connectivity index (χ0) is 18.0. The number of benzene rings is 2. The van der Waals surface area contributed by atoms with Crippen LogP contribution in [0.5, 0.6) is 0 Å². The summed E-state index contributed by atoms with van der Waals surface area (Å²) >= 11 is 5.97. The number of ether oxygens (including phenoxy) is 1. The van der Waals surface area contributed by atoms with Gasteiger partial charge in [-0.3, -0.25) is 4.72 Å². The molecule has 2 aromatic rings. The summed E-state index contributed by atoms with van der Waals surface area (Å²) in [6.45, 7) is 2.11. The molecule has 0 radical (unpaired) electrons. The minimum atomic E-state index is -4.47. The van der Waals surface area contributed by atoms with Gasteiger partial charge in [0.2, 0.25) is 0 Å². The molecule has 0 saturated carbocycles. The Morgan fingerprint density at radius 2 is 1.72 bits per heavy atom. The summed E-state index contributed by atoms with van der Waals surface area (Å²) in [4.78, 5) is 0.887. The first-order valence-electron chi connectivity index (χ1n) is 7.47. The third kappa shape index (κ3) is 3.86. The van der Waals surface area contributed by atoms with E-state index in [4.69, 9.17) is 16.3 Å². The molecule has 1 N–H and O–H groups in total. The maximum atomic E-state index is 13.9. The highest BCUT2D eigenvalue weighted by molar-refractivity contribution is 7.92. The average Bonchev–Trinajstić information content (AvgIpc) is 2.55. The van der Waals surface area contributed by atoms with Gasteiger partial charge in [-0.2, -0.15) is 0 Å². The van der Waals surface area contributed by atoms with Crippen LogP contribution in [0.3, 0.4) is 0 Å². The van der Waals surface area contributed by atoms with Gasteiger partial charge in [-0.15, -0.1) is 0 Å². The Morgan fingerprint density at radius 3 is 2.36 bits per heavy atom. The molecule has 1 aliphatic heterocycles. The topological polar surface area (TPSA) is 58.6 Å². The fourth-order valence-corrected chi connectivity index (χ4v) is 3.98. The molecule has 1 saturated heterocycles. The van der Waals surface area contributed by atoms with E-state index in [-0.39, 0.29) is 5.69 Å². The van der Waals surface area contributed by atoms with E-state index in [1.54, 1.807) is 12.1 Å². The minimum Gasteiger partial charge on any atom is -0.378 e. The number of morpholine rings is 1. The van der Waals surface area contributed by atoms with Crippen molar-refractivity contribution in [1.29, 1.82) is 0 Å². The van der Waals surface area contributed by atoms with Crippen molar-refractivity contribution in [2.24, 2.45) is 0 Å². The SMILES string of the molecule is O=S(=O)(Nc1cc(Cl)ccc1N1CCOCC1)c1c(F)cccc1F. The van der Waals surface area contributed by atoms with Gasteiger partial charge in [-0.05, 0) is 30.3 Å². The Labute approximate surface area is 149 Å². The van der Waals surface area contributed by atoms with E-state index in [9.17, 15) is 17.2 Å². The van der Waals surface area contributed by atoms with Crippen molar-refractivity contribution >= 4 is 33.0 Å². The second kappa shape index (κ2) is 7.15. The third-order valence-electron chi connectivity index (χ3n) is 3.74. The first-order valence-corrected chi connectivity index (χ1v) is 9.34. The molecule has 1 heterocycles. The largest absolute Gasteiger partial charge is 0.378 e. The molecule has 1 aliphatic rings. The maximum Gasteiger partial charge on any atom is 0.267 e. The molecular formula is C16H15ClF2N2O3S. The molecule has 5 nitrogen and oxygen atoms in total. The lowest BCUT2D eigenvalue weighted by atomic mass is 10.2. The standard InChI is InChI=1S/C16H15ClF2N2O3S/c17-11-4-5-15(21-6-8-24-9-7-21)14(10-11)20-25(22,23)16-12(18)2-1-3-13(16)19/h1-5,10,20H,6-9H2. The van der Waals surface area contributed by atoms with E-state index < -0.39 is 26.6 Å². The zero-order valence-corrected chi connectivity index (χ0v) is 14.6. The van der Waals surface area contributed by atoms with Crippen LogP contribution in [-0.2, 0) is 14.8 Å². The van der Waals surface area contributed by atoms with Crippen LogP contribution in [0.4, 0.5) is 20.2 Å². The fraction of sp³-hybridized carbons (Fsp3) is 0.250. The Morgan fingerprint density at radius 1 is 1.08 bits per heavy atom. The van der Waals surface area contributed by atoms with E-state index in [1.165, 1.54) is 6.07 Å². The van der Waals surface area contributed by atoms with Gasteiger partial charge in [-0.25, -0.2) is 17.2 Å². The second-order valence-corrected chi connectivity index (χ2v) is 7.47. The molecule has 25 heavy (non-hydrogen) atoms. The van der Waals surface area contributed by atoms with Crippen LogP contribution in [-0.4, -0.2) is 34.7 Å².